The Bertz CT molecular complexity index is 2120. The van der Waals surface area contributed by atoms with E-state index in [1.165, 1.54) is 48.1 Å². The van der Waals surface area contributed by atoms with E-state index < -0.39 is 96.3 Å². The van der Waals surface area contributed by atoms with E-state index in [1.807, 2.05) is 6.92 Å². The molecule has 6 unspecified atom stereocenters. The van der Waals surface area contributed by atoms with Gasteiger partial charge in [-0.25, -0.2) is 4.98 Å². The average molecular weight is 1000 g/mol. The summed E-state index contributed by atoms with van der Waals surface area (Å²) in [6.07, 6.45) is 1.87. The molecule has 0 radical (unpaired) electrons. The number of fused-ring (bicyclic) bond motifs is 5. The van der Waals surface area contributed by atoms with E-state index >= 15 is 0 Å². The molecular weight excluding hydrogens is 923 g/mol. The van der Waals surface area contributed by atoms with Crippen molar-refractivity contribution in [2.45, 2.75) is 202 Å². The number of carbonyl (C=O) groups excluding carboxylic acids is 7. The Hall–Kier alpha value is -4.62. The lowest BCUT2D eigenvalue weighted by Crippen LogP contribution is -2.67. The van der Waals surface area contributed by atoms with Crippen LogP contribution in [-0.4, -0.2) is 127 Å². The van der Waals surface area contributed by atoms with Gasteiger partial charge < -0.3 is 52.9 Å². The maximum atomic E-state index is 13.4. The van der Waals surface area contributed by atoms with Crippen molar-refractivity contribution in [3.8, 4) is 0 Å². The van der Waals surface area contributed by atoms with E-state index in [0.29, 0.717) is 37.9 Å². The molecule has 0 bridgehead atoms. The standard InChI is InChI=1S/C52H79N3O16/c1-28(56)64-26-38-43(67-31(4)59)44(68-32(5)60)45(69-33(6)61)47(70-38)71-52(12,18-14-22-54-36(46(62)63-13)23-34-25-53-27-55-34)35-15-20-51(11)42(35)37(65-29(2)57)24-40-49(9)19-17-41(66-30(3)58)48(7,8)39(49)16-21-50(40,51)10/h25,27,35-45,47,54H,14-24,26H2,1-13H3,(H,53,55)/t35?,36-,37?,38+,39?,40?,41-,42-,43+,44-,45?,47+,49-,50+,51+,52?/m0/s1. The van der Waals surface area contributed by atoms with Crippen molar-refractivity contribution in [2.24, 2.45) is 45.3 Å². The van der Waals surface area contributed by atoms with Gasteiger partial charge in [-0.05, 0) is 105 Å². The quantitative estimate of drug-likeness (QED) is 0.0991. The van der Waals surface area contributed by atoms with Gasteiger partial charge in [0.2, 0.25) is 0 Å². The number of nitrogens with one attached hydrogen (secondary N) is 2. The lowest BCUT2D eigenvalue weighted by atomic mass is 9.35. The van der Waals surface area contributed by atoms with Gasteiger partial charge in [0.25, 0.3) is 0 Å². The summed E-state index contributed by atoms with van der Waals surface area (Å²) in [4.78, 5) is 96.7. The van der Waals surface area contributed by atoms with Gasteiger partial charge in [0.05, 0.1) is 24.7 Å². The predicted octanol–water partition coefficient (Wildman–Crippen LogP) is 5.88. The van der Waals surface area contributed by atoms with Crippen LogP contribution < -0.4 is 5.32 Å². The molecule has 5 fully saturated rings. The summed E-state index contributed by atoms with van der Waals surface area (Å²) in [6.45, 7) is 21.1. The first kappa shape index (κ1) is 55.7. The Balaban J connectivity index is 1.43. The zero-order valence-corrected chi connectivity index (χ0v) is 44.0. The highest BCUT2D eigenvalue weighted by molar-refractivity contribution is 5.76. The molecule has 6 rings (SSSR count). The third-order valence-corrected chi connectivity index (χ3v) is 17.7. The van der Waals surface area contributed by atoms with Crippen molar-refractivity contribution < 1.29 is 76.2 Å². The number of methoxy groups -OCH3 is 1. The van der Waals surface area contributed by atoms with Crippen LogP contribution in [0.1, 0.15) is 147 Å². The molecule has 0 aromatic carbocycles. The maximum Gasteiger partial charge on any atom is 0.323 e. The van der Waals surface area contributed by atoms with Crippen LogP contribution in [0.15, 0.2) is 12.5 Å². The normalized spacial score (nSPS) is 36.2. The summed E-state index contributed by atoms with van der Waals surface area (Å²) < 4.78 is 54.5. The van der Waals surface area contributed by atoms with Gasteiger partial charge in [-0.1, -0.05) is 34.6 Å². The van der Waals surface area contributed by atoms with E-state index in [9.17, 15) is 33.6 Å². The fourth-order valence-corrected chi connectivity index (χ4v) is 14.7. The third-order valence-electron chi connectivity index (χ3n) is 17.7. The second kappa shape index (κ2) is 21.8. The van der Waals surface area contributed by atoms with Crippen LogP contribution in [0.4, 0.5) is 0 Å². The van der Waals surface area contributed by atoms with Crippen LogP contribution in [0.5, 0.6) is 0 Å². The zero-order valence-electron chi connectivity index (χ0n) is 44.0. The number of nitrogens with zero attached hydrogens (tertiary/aromatic N) is 1. The summed E-state index contributed by atoms with van der Waals surface area (Å²) in [5, 5.41) is 3.35. The Morgan fingerprint density at radius 1 is 0.775 bits per heavy atom. The number of rotatable bonds is 18. The Morgan fingerprint density at radius 3 is 1.99 bits per heavy atom. The second-order valence-electron chi connectivity index (χ2n) is 22.4. The molecule has 16 atom stereocenters. The molecule has 0 spiro atoms. The fraction of sp³-hybridized carbons (Fsp3) is 0.808. The van der Waals surface area contributed by atoms with Gasteiger partial charge in [-0.2, -0.15) is 0 Å². The first-order chi connectivity index (χ1) is 33.2. The van der Waals surface area contributed by atoms with E-state index in [4.69, 9.17) is 42.6 Å². The highest BCUT2D eigenvalue weighted by Crippen LogP contribution is 2.76. The molecule has 0 amide bonds. The van der Waals surface area contributed by atoms with Gasteiger partial charge in [0, 0.05) is 65.5 Å². The molecule has 398 valence electrons. The van der Waals surface area contributed by atoms with Crippen molar-refractivity contribution in [1.82, 2.24) is 15.3 Å². The SMILES string of the molecule is COC(=O)[C@H](Cc1c[nH]cn1)NCCCC(C)(O[C@H]1O[C@H](COC(C)=O)[C@@H](OC(C)=O)[C@H](OC(C)=O)C1OC(C)=O)C1CC[C@]2(C)[C@@H]1C(OC(C)=O)CC1[C@@]3(C)CC[C@H](OC(C)=O)C(C)(C)C3CC[C@]12C. The second-order valence-corrected chi connectivity index (χ2v) is 22.4. The van der Waals surface area contributed by atoms with Crippen molar-refractivity contribution in [2.75, 3.05) is 20.3 Å². The summed E-state index contributed by atoms with van der Waals surface area (Å²) in [6, 6.07) is -0.723. The number of ether oxygens (including phenoxy) is 9. The molecule has 19 nitrogen and oxygen atoms in total. The van der Waals surface area contributed by atoms with Crippen LogP contribution in [0.3, 0.4) is 0 Å². The molecule has 2 N–H and O–H groups in total. The number of hydrogen-bond acceptors (Lipinski definition) is 18. The van der Waals surface area contributed by atoms with Crippen LogP contribution >= 0.6 is 0 Å². The largest absolute Gasteiger partial charge is 0.468 e. The highest BCUT2D eigenvalue weighted by atomic mass is 16.7. The van der Waals surface area contributed by atoms with Gasteiger partial charge in [-0.15, -0.1) is 0 Å². The molecule has 4 aliphatic carbocycles. The minimum absolute atomic E-state index is 0.136. The Morgan fingerprint density at radius 2 is 1.39 bits per heavy atom. The molecule has 1 aromatic rings. The fourth-order valence-electron chi connectivity index (χ4n) is 14.7. The number of H-pyrrole nitrogens is 1. The number of hydrogen-bond donors (Lipinski definition) is 2. The lowest BCUT2D eigenvalue weighted by molar-refractivity contribution is -0.339. The molecule has 71 heavy (non-hydrogen) atoms. The van der Waals surface area contributed by atoms with Crippen molar-refractivity contribution in [3.05, 3.63) is 18.2 Å². The van der Waals surface area contributed by atoms with E-state index in [-0.39, 0.29) is 58.4 Å². The first-order valence-corrected chi connectivity index (χ1v) is 25.3. The number of aromatic amines is 1. The molecule has 1 saturated heterocycles. The number of imidazole rings is 1. The van der Waals surface area contributed by atoms with Crippen LogP contribution in [-0.2, 0) is 82.6 Å². The van der Waals surface area contributed by atoms with Gasteiger partial charge in [0.1, 0.15) is 31.0 Å². The Kier molecular flexibility index (Phi) is 17.1. The number of carbonyl (C=O) groups is 7. The smallest absolute Gasteiger partial charge is 0.323 e. The van der Waals surface area contributed by atoms with Crippen LogP contribution in [0.25, 0.3) is 0 Å². The summed E-state index contributed by atoms with van der Waals surface area (Å²) in [5.74, 6) is -4.31. The molecule has 19 heteroatoms. The average Bonchev–Trinajstić information content (AvgIpc) is 3.93. The number of aromatic nitrogens is 2. The monoisotopic (exact) mass is 1000 g/mol. The minimum atomic E-state index is -1.48. The van der Waals surface area contributed by atoms with Gasteiger partial charge >= 0.3 is 41.8 Å². The van der Waals surface area contributed by atoms with E-state index in [2.05, 4.69) is 49.9 Å². The van der Waals surface area contributed by atoms with Crippen molar-refractivity contribution in [3.63, 3.8) is 0 Å². The van der Waals surface area contributed by atoms with Crippen LogP contribution in [0, 0.1) is 45.3 Å². The predicted molar refractivity (Wildman–Crippen MR) is 252 cm³/mol. The van der Waals surface area contributed by atoms with Crippen molar-refractivity contribution >= 4 is 41.8 Å². The third kappa shape index (κ3) is 11.5. The molecule has 2 heterocycles. The van der Waals surface area contributed by atoms with Gasteiger partial charge in [-0.3, -0.25) is 33.6 Å². The van der Waals surface area contributed by atoms with Crippen LogP contribution in [0.2, 0.25) is 0 Å². The van der Waals surface area contributed by atoms with E-state index in [1.54, 1.807) is 6.20 Å². The van der Waals surface area contributed by atoms with E-state index in [0.717, 1.165) is 39.0 Å². The summed E-state index contributed by atoms with van der Waals surface area (Å²) in [7, 11) is 1.33. The summed E-state index contributed by atoms with van der Waals surface area (Å²) in [5.41, 5.74) is -1.65. The first-order valence-electron chi connectivity index (χ1n) is 25.3. The van der Waals surface area contributed by atoms with Crippen molar-refractivity contribution in [1.29, 1.82) is 0 Å². The molecule has 5 aliphatic rings. The molecule has 4 saturated carbocycles. The lowest BCUT2D eigenvalue weighted by Gasteiger charge is -2.70. The zero-order chi connectivity index (χ0) is 52.4. The molecular formula is C52H79N3O16. The molecule has 1 aliphatic heterocycles. The Labute approximate surface area is 417 Å². The topological polar surface area (TPSA) is 243 Å². The highest BCUT2D eigenvalue weighted by Gasteiger charge is 2.73. The molecule has 1 aromatic heterocycles. The maximum absolute atomic E-state index is 13.4. The summed E-state index contributed by atoms with van der Waals surface area (Å²) >= 11 is 0. The number of esters is 7. The minimum Gasteiger partial charge on any atom is -0.468 e. The van der Waals surface area contributed by atoms with Gasteiger partial charge in [0.15, 0.2) is 24.6 Å².